The van der Waals surface area contributed by atoms with Crippen LogP contribution in [-0.4, -0.2) is 33.7 Å². The summed E-state index contributed by atoms with van der Waals surface area (Å²) in [4.78, 5) is 14.4. The van der Waals surface area contributed by atoms with Crippen molar-refractivity contribution >= 4 is 5.91 Å². The Morgan fingerprint density at radius 3 is 2.45 bits per heavy atom. The van der Waals surface area contributed by atoms with Crippen LogP contribution in [0.2, 0.25) is 0 Å². The van der Waals surface area contributed by atoms with Crippen molar-refractivity contribution in [3.8, 4) is 5.69 Å². The summed E-state index contributed by atoms with van der Waals surface area (Å²) in [5.41, 5.74) is 3.62. The van der Waals surface area contributed by atoms with Crippen LogP contribution in [0, 0.1) is 5.82 Å². The lowest BCUT2D eigenvalue weighted by molar-refractivity contribution is 0.0644. The lowest BCUT2D eigenvalue weighted by Crippen LogP contribution is -2.42. The first-order chi connectivity index (χ1) is 10.7. The minimum atomic E-state index is -0.262. The Labute approximate surface area is 128 Å². The maximum Gasteiger partial charge on any atom is 0.274 e. The molecular weight excluding hydrogens is 281 g/mol. The first-order valence-electron chi connectivity index (χ1n) is 7.90. The Kier molecular flexibility index (Phi) is 3.21. The Bertz CT molecular complexity index is 716. The highest BCUT2D eigenvalue weighted by Crippen LogP contribution is 2.28. The molecule has 2 heterocycles. The molecule has 1 aromatic carbocycles. The molecule has 0 saturated carbocycles. The molecule has 4 rings (SSSR count). The molecule has 1 saturated heterocycles. The van der Waals surface area contributed by atoms with Crippen molar-refractivity contribution in [3.05, 3.63) is 47.0 Å². The number of likely N-dealkylation sites (tertiary alicyclic amines) is 1. The van der Waals surface area contributed by atoms with Crippen molar-refractivity contribution in [2.75, 3.05) is 13.1 Å². The fraction of sp³-hybridized carbons (Fsp3) is 0.412. The number of hydrogen-bond acceptors (Lipinski definition) is 2. The molecule has 1 fully saturated rings. The zero-order valence-electron chi connectivity index (χ0n) is 12.4. The molecule has 0 bridgehead atoms. The molecule has 0 N–H and O–H groups in total. The minimum absolute atomic E-state index is 0.0465. The van der Waals surface area contributed by atoms with Crippen molar-refractivity contribution in [3.63, 3.8) is 0 Å². The van der Waals surface area contributed by atoms with Crippen molar-refractivity contribution in [2.24, 2.45) is 0 Å². The Hall–Kier alpha value is -2.17. The van der Waals surface area contributed by atoms with E-state index in [2.05, 4.69) is 5.10 Å². The van der Waals surface area contributed by atoms with Crippen molar-refractivity contribution < 1.29 is 9.18 Å². The summed E-state index contributed by atoms with van der Waals surface area (Å²) in [7, 11) is 0. The van der Waals surface area contributed by atoms with Crippen molar-refractivity contribution in [2.45, 2.75) is 32.1 Å². The zero-order chi connectivity index (χ0) is 15.1. The molecule has 2 aromatic rings. The maximum atomic E-state index is 13.1. The third-order valence-electron chi connectivity index (χ3n) is 4.60. The molecule has 4 nitrogen and oxygen atoms in total. The van der Waals surface area contributed by atoms with Gasteiger partial charge in [0, 0.05) is 24.3 Å². The standard InChI is InChI=1S/C17H18FN3O/c18-12-6-8-13(9-7-12)21-15-5-2-1-4-14(15)16(19-21)17(22)20-10-3-11-20/h6-9H,1-5,10-11H2. The predicted molar refractivity (Wildman–Crippen MR) is 80.7 cm³/mol. The van der Waals surface area contributed by atoms with Crippen LogP contribution in [0.1, 0.15) is 41.0 Å². The summed E-state index contributed by atoms with van der Waals surface area (Å²) in [5, 5.41) is 4.60. The van der Waals surface area contributed by atoms with E-state index in [4.69, 9.17) is 0 Å². The van der Waals surface area contributed by atoms with Crippen LogP contribution in [0.25, 0.3) is 5.69 Å². The van der Waals surface area contributed by atoms with Crippen LogP contribution < -0.4 is 0 Å². The lowest BCUT2D eigenvalue weighted by atomic mass is 9.95. The molecule has 1 amide bonds. The highest BCUT2D eigenvalue weighted by atomic mass is 19.1. The van der Waals surface area contributed by atoms with E-state index in [9.17, 15) is 9.18 Å². The number of carbonyl (C=O) groups excluding carboxylic acids is 1. The van der Waals surface area contributed by atoms with Gasteiger partial charge in [-0.25, -0.2) is 9.07 Å². The molecule has 0 unspecified atom stereocenters. The van der Waals surface area contributed by atoms with Gasteiger partial charge in [-0.15, -0.1) is 0 Å². The van der Waals surface area contributed by atoms with Gasteiger partial charge in [-0.1, -0.05) is 0 Å². The van der Waals surface area contributed by atoms with Crippen LogP contribution >= 0.6 is 0 Å². The third kappa shape index (κ3) is 2.12. The summed E-state index contributed by atoms with van der Waals surface area (Å²) < 4.78 is 15.0. The summed E-state index contributed by atoms with van der Waals surface area (Å²) in [6.45, 7) is 1.66. The van der Waals surface area contributed by atoms with Gasteiger partial charge in [0.2, 0.25) is 0 Å². The molecule has 1 aromatic heterocycles. The smallest absolute Gasteiger partial charge is 0.274 e. The van der Waals surface area contributed by atoms with Gasteiger partial charge >= 0.3 is 0 Å². The number of fused-ring (bicyclic) bond motifs is 1. The normalized spacial score (nSPS) is 17.0. The van der Waals surface area contributed by atoms with Crippen molar-refractivity contribution in [1.82, 2.24) is 14.7 Å². The zero-order valence-corrected chi connectivity index (χ0v) is 12.4. The number of nitrogens with zero attached hydrogens (tertiary/aromatic N) is 3. The highest BCUT2D eigenvalue weighted by molar-refractivity contribution is 5.94. The quantitative estimate of drug-likeness (QED) is 0.855. The number of amides is 1. The number of aromatic nitrogens is 2. The third-order valence-corrected chi connectivity index (χ3v) is 4.60. The number of carbonyl (C=O) groups is 1. The second-order valence-corrected chi connectivity index (χ2v) is 6.01. The van der Waals surface area contributed by atoms with Gasteiger partial charge in [-0.2, -0.15) is 5.10 Å². The lowest BCUT2D eigenvalue weighted by Gasteiger charge is -2.30. The van der Waals surface area contributed by atoms with E-state index in [1.807, 2.05) is 9.58 Å². The minimum Gasteiger partial charge on any atom is -0.337 e. The number of benzene rings is 1. The SMILES string of the molecule is O=C(c1nn(-c2ccc(F)cc2)c2c1CCCC2)N1CCC1. The Balaban J connectivity index is 1.79. The van der Waals surface area contributed by atoms with E-state index in [1.165, 1.54) is 12.1 Å². The van der Waals surface area contributed by atoms with E-state index < -0.39 is 0 Å². The molecule has 0 atom stereocenters. The summed E-state index contributed by atoms with van der Waals surface area (Å²) in [6.07, 6.45) is 5.12. The van der Waals surface area contributed by atoms with E-state index >= 15 is 0 Å². The fourth-order valence-corrected chi connectivity index (χ4v) is 3.24. The number of halogens is 1. The second-order valence-electron chi connectivity index (χ2n) is 6.01. The molecule has 2 aliphatic rings. The van der Waals surface area contributed by atoms with E-state index in [-0.39, 0.29) is 11.7 Å². The van der Waals surface area contributed by atoms with E-state index in [0.717, 1.165) is 62.1 Å². The average Bonchev–Trinajstić information content (AvgIpc) is 2.86. The maximum absolute atomic E-state index is 13.1. The fourth-order valence-electron chi connectivity index (χ4n) is 3.24. The predicted octanol–water partition coefficient (Wildman–Crippen LogP) is 2.74. The molecule has 5 heteroatoms. The van der Waals surface area contributed by atoms with Gasteiger partial charge < -0.3 is 4.90 Å². The Morgan fingerprint density at radius 2 is 1.77 bits per heavy atom. The number of rotatable bonds is 2. The molecule has 1 aliphatic carbocycles. The Morgan fingerprint density at radius 1 is 1.05 bits per heavy atom. The molecule has 0 spiro atoms. The van der Waals surface area contributed by atoms with Gasteiger partial charge in [0.25, 0.3) is 5.91 Å². The summed E-state index contributed by atoms with van der Waals surface area (Å²) in [6, 6.07) is 6.30. The molecule has 22 heavy (non-hydrogen) atoms. The second kappa shape index (κ2) is 5.23. The highest BCUT2D eigenvalue weighted by Gasteiger charge is 2.30. The first-order valence-corrected chi connectivity index (χ1v) is 7.90. The van der Waals surface area contributed by atoms with Crippen LogP contribution in [-0.2, 0) is 12.8 Å². The van der Waals surface area contributed by atoms with Gasteiger partial charge in [0.1, 0.15) is 5.82 Å². The van der Waals surface area contributed by atoms with Gasteiger partial charge in [0.05, 0.1) is 5.69 Å². The van der Waals surface area contributed by atoms with Crippen LogP contribution in [0.5, 0.6) is 0 Å². The monoisotopic (exact) mass is 299 g/mol. The largest absolute Gasteiger partial charge is 0.337 e. The van der Waals surface area contributed by atoms with Crippen LogP contribution in [0.15, 0.2) is 24.3 Å². The van der Waals surface area contributed by atoms with Gasteiger partial charge in [0.15, 0.2) is 5.69 Å². The van der Waals surface area contributed by atoms with Gasteiger partial charge in [-0.05, 0) is 56.4 Å². The first kappa shape index (κ1) is 13.5. The molecule has 0 radical (unpaired) electrons. The summed E-state index contributed by atoms with van der Waals surface area (Å²) >= 11 is 0. The van der Waals surface area contributed by atoms with E-state index in [0.29, 0.717) is 5.69 Å². The van der Waals surface area contributed by atoms with E-state index in [1.54, 1.807) is 12.1 Å². The average molecular weight is 299 g/mol. The molecule has 114 valence electrons. The topological polar surface area (TPSA) is 38.1 Å². The molecule has 1 aliphatic heterocycles. The number of hydrogen-bond donors (Lipinski definition) is 0. The van der Waals surface area contributed by atoms with Crippen LogP contribution in [0.4, 0.5) is 4.39 Å². The van der Waals surface area contributed by atoms with Gasteiger partial charge in [-0.3, -0.25) is 4.79 Å². The van der Waals surface area contributed by atoms with Crippen molar-refractivity contribution in [1.29, 1.82) is 0 Å². The molecular formula is C17H18FN3O. The summed E-state index contributed by atoms with van der Waals surface area (Å²) in [5.74, 6) is -0.216. The van der Waals surface area contributed by atoms with Crippen LogP contribution in [0.3, 0.4) is 0 Å².